The minimum absolute atomic E-state index is 1.16. The molecule has 0 saturated heterocycles. The predicted octanol–water partition coefficient (Wildman–Crippen LogP) is 15.3. The second kappa shape index (κ2) is 16.3. The number of hydrogen-bond acceptors (Lipinski definition) is 0. The largest absolute Gasteiger partial charge is 0.344 e. The Morgan fingerprint density at radius 3 is 1.11 bits per heavy atom. The number of rotatable bonds is 16. The van der Waals surface area contributed by atoms with Crippen molar-refractivity contribution in [1.82, 2.24) is 9.13 Å². The van der Waals surface area contributed by atoms with Crippen LogP contribution in [0.2, 0.25) is 0 Å². The molecule has 0 saturated carbocycles. The lowest BCUT2D eigenvalue weighted by Crippen LogP contribution is -1.93. The lowest BCUT2D eigenvalue weighted by molar-refractivity contribution is 0.607. The number of fused-ring (bicyclic) bond motifs is 9. The van der Waals surface area contributed by atoms with Gasteiger partial charge in [0.1, 0.15) is 0 Å². The zero-order valence-corrected chi connectivity index (χ0v) is 33.2. The zero-order valence-electron chi connectivity index (χ0n) is 33.2. The normalized spacial score (nSPS) is 12.0. The molecule has 0 unspecified atom stereocenters. The average Bonchev–Trinajstić information content (AvgIpc) is 3.73. The van der Waals surface area contributed by atoms with E-state index < -0.39 is 0 Å². The van der Waals surface area contributed by atoms with Crippen LogP contribution in [0.5, 0.6) is 0 Å². The summed E-state index contributed by atoms with van der Waals surface area (Å²) in [5, 5.41) is 10.6. The van der Waals surface area contributed by atoms with Gasteiger partial charge in [-0.25, -0.2) is 0 Å². The molecular weight excluding hydrogens is 653 g/mol. The van der Waals surface area contributed by atoms with E-state index in [1.54, 1.807) is 0 Å². The lowest BCUT2D eigenvalue weighted by atomic mass is 9.94. The van der Waals surface area contributed by atoms with Gasteiger partial charge in [0, 0.05) is 47.3 Å². The van der Waals surface area contributed by atoms with E-state index in [0.717, 1.165) is 12.8 Å². The molecule has 0 amide bonds. The molecule has 0 atom stereocenters. The van der Waals surface area contributed by atoms with Crippen LogP contribution in [-0.4, -0.2) is 9.13 Å². The highest BCUT2D eigenvalue weighted by atomic mass is 14.9. The zero-order chi connectivity index (χ0) is 37.0. The van der Waals surface area contributed by atoms with Gasteiger partial charge in [0.05, 0.1) is 0 Å². The molecule has 0 aliphatic heterocycles. The number of aromatic nitrogens is 2. The summed E-state index contributed by atoms with van der Waals surface area (Å²) in [5.41, 5.74) is 10.7. The molecule has 6 aromatic carbocycles. The highest BCUT2D eigenvalue weighted by Crippen LogP contribution is 2.40. The van der Waals surface area contributed by atoms with E-state index in [9.17, 15) is 0 Å². The smallest absolute Gasteiger partial charge is 0.0489 e. The summed E-state index contributed by atoms with van der Waals surface area (Å²) in [6.07, 6.45) is 18.4. The standard InChI is InChI=1S/C52H58N2/c1-5-7-9-11-13-15-19-37-21-17-23-39(33-37)51-35-47-45-27-25-42-41(43(45)29-31-49(47)53(51)3)26-28-46-44(42)30-32-50-48(46)36-52(54(50)4)40-24-18-22-38(34-40)20-16-14-12-10-8-6-2/h17-18,21-36H,5-16,19-20H2,1-4H3. The van der Waals surface area contributed by atoms with Gasteiger partial charge in [-0.15, -0.1) is 0 Å². The highest BCUT2D eigenvalue weighted by Gasteiger charge is 2.16. The van der Waals surface area contributed by atoms with E-state index in [1.165, 1.54) is 165 Å². The van der Waals surface area contributed by atoms with Gasteiger partial charge in [-0.05, 0) is 117 Å². The quantitative estimate of drug-likeness (QED) is 0.0698. The van der Waals surface area contributed by atoms with E-state index in [2.05, 4.69) is 146 Å². The molecule has 0 N–H and O–H groups in total. The molecule has 0 spiro atoms. The predicted molar refractivity (Wildman–Crippen MR) is 237 cm³/mol. The number of hydrogen-bond donors (Lipinski definition) is 0. The molecule has 8 rings (SSSR count). The van der Waals surface area contributed by atoms with Crippen molar-refractivity contribution in [1.29, 1.82) is 0 Å². The Bertz CT molecular complexity index is 2380. The second-order valence-electron chi connectivity index (χ2n) is 16.0. The first kappa shape index (κ1) is 36.2. The summed E-state index contributed by atoms with van der Waals surface area (Å²) >= 11 is 0. The van der Waals surface area contributed by atoms with Gasteiger partial charge in [-0.1, -0.05) is 151 Å². The van der Waals surface area contributed by atoms with Crippen LogP contribution in [0.15, 0.2) is 109 Å². The third-order valence-electron chi connectivity index (χ3n) is 12.3. The first-order valence-corrected chi connectivity index (χ1v) is 21.1. The van der Waals surface area contributed by atoms with E-state index in [1.807, 2.05) is 0 Å². The van der Waals surface area contributed by atoms with Crippen LogP contribution in [0.4, 0.5) is 0 Å². The van der Waals surface area contributed by atoms with Crippen molar-refractivity contribution < 1.29 is 0 Å². The molecule has 2 heteroatoms. The molecule has 0 aliphatic rings. The molecule has 2 aromatic heterocycles. The molecule has 276 valence electrons. The molecule has 0 radical (unpaired) electrons. The third-order valence-corrected chi connectivity index (χ3v) is 12.3. The molecule has 2 heterocycles. The van der Waals surface area contributed by atoms with Gasteiger partial charge >= 0.3 is 0 Å². The fourth-order valence-electron chi connectivity index (χ4n) is 9.22. The van der Waals surface area contributed by atoms with Gasteiger partial charge in [-0.2, -0.15) is 0 Å². The van der Waals surface area contributed by atoms with Gasteiger partial charge in [-0.3, -0.25) is 0 Å². The van der Waals surface area contributed by atoms with Crippen molar-refractivity contribution in [2.45, 2.75) is 104 Å². The van der Waals surface area contributed by atoms with Crippen molar-refractivity contribution in [2.75, 3.05) is 0 Å². The average molecular weight is 711 g/mol. The number of benzene rings is 6. The SMILES string of the molecule is CCCCCCCCc1cccc(-c2cc3c4ccc5c(ccc6c5ccc5c6cc(-c6cccc(CCCCCCCC)c6)n5C)c4ccc3n2C)c1. The number of nitrogens with zero attached hydrogens (tertiary/aromatic N) is 2. The molecule has 0 bridgehead atoms. The highest BCUT2D eigenvalue weighted by molar-refractivity contribution is 6.25. The maximum absolute atomic E-state index is 2.42. The number of unbranched alkanes of at least 4 members (excludes halogenated alkanes) is 10. The molecule has 2 nitrogen and oxygen atoms in total. The Hall–Kier alpha value is -4.82. The molecule has 0 fully saturated rings. The maximum Gasteiger partial charge on any atom is 0.0489 e. The first-order valence-electron chi connectivity index (χ1n) is 21.1. The van der Waals surface area contributed by atoms with Gasteiger partial charge in [0.25, 0.3) is 0 Å². The molecular formula is C52H58N2. The summed E-state index contributed by atoms with van der Waals surface area (Å²) in [7, 11) is 4.45. The fourth-order valence-corrected chi connectivity index (χ4v) is 9.22. The Kier molecular flexibility index (Phi) is 10.9. The van der Waals surface area contributed by atoms with Crippen LogP contribution in [0.3, 0.4) is 0 Å². The van der Waals surface area contributed by atoms with E-state index >= 15 is 0 Å². The van der Waals surface area contributed by atoms with E-state index in [4.69, 9.17) is 0 Å². The van der Waals surface area contributed by atoms with Gasteiger partial charge < -0.3 is 9.13 Å². The van der Waals surface area contributed by atoms with Crippen molar-refractivity contribution in [3.63, 3.8) is 0 Å². The van der Waals surface area contributed by atoms with E-state index in [0.29, 0.717) is 0 Å². The molecule has 0 aliphatic carbocycles. The van der Waals surface area contributed by atoms with Gasteiger partial charge in [0.2, 0.25) is 0 Å². The minimum atomic E-state index is 1.16. The minimum Gasteiger partial charge on any atom is -0.344 e. The van der Waals surface area contributed by atoms with Crippen LogP contribution in [0, 0.1) is 0 Å². The Morgan fingerprint density at radius 1 is 0.352 bits per heavy atom. The van der Waals surface area contributed by atoms with Crippen molar-refractivity contribution >= 4 is 54.1 Å². The fraction of sp³-hybridized carbons (Fsp3) is 0.346. The molecule has 54 heavy (non-hydrogen) atoms. The van der Waals surface area contributed by atoms with Crippen molar-refractivity contribution in [2.24, 2.45) is 14.1 Å². The van der Waals surface area contributed by atoms with E-state index in [-0.39, 0.29) is 0 Å². The summed E-state index contributed by atoms with van der Waals surface area (Å²) in [6, 6.07) is 42.2. The van der Waals surface area contributed by atoms with Gasteiger partial charge in [0.15, 0.2) is 0 Å². The topological polar surface area (TPSA) is 9.86 Å². The maximum atomic E-state index is 2.42. The second-order valence-corrected chi connectivity index (χ2v) is 16.0. The summed E-state index contributed by atoms with van der Waals surface area (Å²) in [5.74, 6) is 0. The van der Waals surface area contributed by atoms with Crippen molar-refractivity contribution in [3.05, 3.63) is 120 Å². The monoisotopic (exact) mass is 710 g/mol. The summed E-state index contributed by atoms with van der Waals surface area (Å²) < 4.78 is 4.77. The lowest BCUT2D eigenvalue weighted by Gasteiger charge is -2.10. The Balaban J connectivity index is 1.10. The molecule has 8 aromatic rings. The van der Waals surface area contributed by atoms with Crippen LogP contribution >= 0.6 is 0 Å². The Labute approximate surface area is 322 Å². The van der Waals surface area contributed by atoms with Crippen LogP contribution in [-0.2, 0) is 26.9 Å². The van der Waals surface area contributed by atoms with Crippen molar-refractivity contribution in [3.8, 4) is 22.5 Å². The first-order chi connectivity index (χ1) is 26.6. The number of aryl methyl sites for hydroxylation is 4. The van der Waals surface area contributed by atoms with Crippen LogP contribution < -0.4 is 0 Å². The third kappa shape index (κ3) is 7.08. The summed E-state index contributed by atoms with van der Waals surface area (Å²) in [6.45, 7) is 4.58. The van der Waals surface area contributed by atoms with Crippen LogP contribution in [0.25, 0.3) is 76.6 Å². The van der Waals surface area contributed by atoms with Crippen LogP contribution in [0.1, 0.15) is 102 Å². The summed E-state index contributed by atoms with van der Waals surface area (Å²) in [4.78, 5) is 0. The Morgan fingerprint density at radius 2 is 0.704 bits per heavy atom.